The number of hydrogen-bond donors (Lipinski definition) is 1. The average molecular weight is 237 g/mol. The number of aryl methyl sites for hydroxylation is 2. The van der Waals surface area contributed by atoms with Crippen molar-refractivity contribution in [2.45, 2.75) is 26.3 Å². The largest absolute Gasteiger partial charge is 0.493 e. The van der Waals surface area contributed by atoms with E-state index in [1.54, 1.807) is 0 Å². The summed E-state index contributed by atoms with van der Waals surface area (Å²) in [5.41, 5.74) is 7.88. The molecular formula is C13H19NO3. The lowest BCUT2D eigenvalue weighted by atomic mass is 10.1. The van der Waals surface area contributed by atoms with E-state index in [0.717, 1.165) is 11.3 Å². The Morgan fingerprint density at radius 3 is 2.71 bits per heavy atom. The van der Waals surface area contributed by atoms with Gasteiger partial charge < -0.3 is 15.2 Å². The van der Waals surface area contributed by atoms with Crippen molar-refractivity contribution in [1.29, 1.82) is 0 Å². The summed E-state index contributed by atoms with van der Waals surface area (Å²) in [6.07, 6.45) is 0.444. The fourth-order valence-corrected chi connectivity index (χ4v) is 1.53. The second kappa shape index (κ2) is 6.25. The molecule has 1 aromatic carbocycles. The molecule has 0 bridgehead atoms. The van der Waals surface area contributed by atoms with E-state index in [4.69, 9.17) is 10.5 Å². The molecule has 4 nitrogen and oxygen atoms in total. The third-order valence-corrected chi connectivity index (χ3v) is 2.52. The van der Waals surface area contributed by atoms with Gasteiger partial charge in [-0.05, 0) is 25.5 Å². The van der Waals surface area contributed by atoms with E-state index < -0.39 is 12.0 Å². The van der Waals surface area contributed by atoms with Crippen molar-refractivity contribution in [3.63, 3.8) is 0 Å². The number of benzene rings is 1. The fourth-order valence-electron chi connectivity index (χ4n) is 1.53. The molecule has 1 unspecified atom stereocenters. The first-order valence-corrected chi connectivity index (χ1v) is 5.58. The molecule has 1 rings (SSSR count). The van der Waals surface area contributed by atoms with Gasteiger partial charge >= 0.3 is 5.97 Å². The number of esters is 1. The van der Waals surface area contributed by atoms with E-state index in [1.807, 2.05) is 26.0 Å². The summed E-state index contributed by atoms with van der Waals surface area (Å²) in [6, 6.07) is 5.35. The van der Waals surface area contributed by atoms with Gasteiger partial charge in [-0.1, -0.05) is 17.7 Å². The first-order valence-electron chi connectivity index (χ1n) is 5.58. The molecule has 1 atom stereocenters. The second-order valence-electron chi connectivity index (χ2n) is 4.04. The monoisotopic (exact) mass is 237 g/mol. The maximum atomic E-state index is 11.1. The van der Waals surface area contributed by atoms with Crippen LogP contribution in [0.25, 0.3) is 0 Å². The predicted molar refractivity (Wildman–Crippen MR) is 66.0 cm³/mol. The van der Waals surface area contributed by atoms with E-state index in [1.165, 1.54) is 12.7 Å². The van der Waals surface area contributed by atoms with Crippen LogP contribution in [0, 0.1) is 13.8 Å². The molecule has 0 aliphatic heterocycles. The quantitative estimate of drug-likeness (QED) is 0.790. The molecule has 0 aromatic heterocycles. The van der Waals surface area contributed by atoms with Crippen LogP contribution in [0.15, 0.2) is 18.2 Å². The Balaban J connectivity index is 2.43. The van der Waals surface area contributed by atoms with E-state index >= 15 is 0 Å². The first-order chi connectivity index (χ1) is 8.04. The molecule has 0 amide bonds. The molecule has 0 saturated heterocycles. The minimum Gasteiger partial charge on any atom is -0.493 e. The first kappa shape index (κ1) is 13.5. The Morgan fingerprint density at radius 1 is 1.41 bits per heavy atom. The molecule has 1 aromatic rings. The van der Waals surface area contributed by atoms with Crippen molar-refractivity contribution < 1.29 is 14.3 Å². The van der Waals surface area contributed by atoms with Crippen molar-refractivity contribution in [2.75, 3.05) is 13.7 Å². The number of carbonyl (C=O) groups is 1. The van der Waals surface area contributed by atoms with Crippen LogP contribution in [-0.2, 0) is 9.53 Å². The lowest BCUT2D eigenvalue weighted by molar-refractivity contribution is -0.142. The summed E-state index contributed by atoms with van der Waals surface area (Å²) in [6.45, 7) is 4.42. The maximum Gasteiger partial charge on any atom is 0.322 e. The van der Waals surface area contributed by atoms with Crippen molar-refractivity contribution in [1.82, 2.24) is 0 Å². The molecule has 0 aliphatic rings. The molecule has 0 fully saturated rings. The zero-order valence-corrected chi connectivity index (χ0v) is 10.5. The Morgan fingerprint density at radius 2 is 2.12 bits per heavy atom. The molecule has 4 heteroatoms. The van der Waals surface area contributed by atoms with Gasteiger partial charge in [0.25, 0.3) is 0 Å². The van der Waals surface area contributed by atoms with Gasteiger partial charge in [-0.25, -0.2) is 0 Å². The molecule has 2 N–H and O–H groups in total. The van der Waals surface area contributed by atoms with Crippen LogP contribution in [-0.4, -0.2) is 25.7 Å². The Bertz CT molecular complexity index is 390. The molecule has 0 aliphatic carbocycles. The van der Waals surface area contributed by atoms with Crippen molar-refractivity contribution in [3.8, 4) is 5.75 Å². The van der Waals surface area contributed by atoms with Gasteiger partial charge in [-0.15, -0.1) is 0 Å². The molecule has 0 saturated carbocycles. The second-order valence-corrected chi connectivity index (χ2v) is 4.04. The van der Waals surface area contributed by atoms with E-state index in [9.17, 15) is 4.79 Å². The summed E-state index contributed by atoms with van der Waals surface area (Å²) in [4.78, 5) is 11.1. The zero-order chi connectivity index (χ0) is 12.8. The fraction of sp³-hybridized carbons (Fsp3) is 0.462. The highest BCUT2D eigenvalue weighted by molar-refractivity contribution is 5.75. The molecule has 0 radical (unpaired) electrons. The minimum atomic E-state index is -0.620. The molecular weight excluding hydrogens is 218 g/mol. The van der Waals surface area contributed by atoms with Gasteiger partial charge in [0.2, 0.25) is 0 Å². The van der Waals surface area contributed by atoms with E-state index in [0.29, 0.717) is 13.0 Å². The zero-order valence-electron chi connectivity index (χ0n) is 10.5. The third-order valence-electron chi connectivity index (χ3n) is 2.52. The summed E-state index contributed by atoms with van der Waals surface area (Å²) in [5, 5.41) is 0. The van der Waals surface area contributed by atoms with Gasteiger partial charge in [0.1, 0.15) is 11.8 Å². The molecule has 94 valence electrons. The summed E-state index contributed by atoms with van der Waals surface area (Å²) < 4.78 is 10.1. The van der Waals surface area contributed by atoms with E-state index in [2.05, 4.69) is 10.8 Å². The number of ether oxygens (including phenoxy) is 2. The molecule has 0 spiro atoms. The van der Waals surface area contributed by atoms with Gasteiger partial charge in [-0.3, -0.25) is 4.79 Å². The van der Waals surface area contributed by atoms with Crippen molar-refractivity contribution >= 4 is 5.97 Å². The van der Waals surface area contributed by atoms with Gasteiger partial charge in [0.15, 0.2) is 0 Å². The normalized spacial score (nSPS) is 12.0. The number of hydrogen-bond acceptors (Lipinski definition) is 4. The molecule has 0 heterocycles. The lowest BCUT2D eigenvalue weighted by Gasteiger charge is -2.12. The van der Waals surface area contributed by atoms with Crippen LogP contribution < -0.4 is 10.5 Å². The minimum absolute atomic E-state index is 0.403. The summed E-state index contributed by atoms with van der Waals surface area (Å²) >= 11 is 0. The van der Waals surface area contributed by atoms with Crippen LogP contribution in [0.2, 0.25) is 0 Å². The Labute approximate surface area is 102 Å². The highest BCUT2D eigenvalue weighted by atomic mass is 16.5. The standard InChI is InChI=1S/C13H19NO3/c1-9-4-5-12(10(2)8-9)17-7-6-11(14)13(15)16-3/h4-5,8,11H,6-7,14H2,1-3H3. The van der Waals surface area contributed by atoms with Crippen LogP contribution in [0.4, 0.5) is 0 Å². The maximum absolute atomic E-state index is 11.1. The summed E-state index contributed by atoms with van der Waals surface area (Å²) in [7, 11) is 1.33. The van der Waals surface area contributed by atoms with Crippen molar-refractivity contribution in [3.05, 3.63) is 29.3 Å². The highest BCUT2D eigenvalue weighted by Gasteiger charge is 2.13. The Kier molecular flexibility index (Phi) is 4.97. The van der Waals surface area contributed by atoms with Crippen LogP contribution in [0.5, 0.6) is 5.75 Å². The van der Waals surface area contributed by atoms with Gasteiger partial charge in [0.05, 0.1) is 13.7 Å². The topological polar surface area (TPSA) is 61.5 Å². The highest BCUT2D eigenvalue weighted by Crippen LogP contribution is 2.18. The number of carbonyl (C=O) groups excluding carboxylic acids is 1. The number of nitrogens with two attached hydrogens (primary N) is 1. The van der Waals surface area contributed by atoms with Gasteiger partial charge in [0, 0.05) is 6.42 Å². The smallest absolute Gasteiger partial charge is 0.322 e. The van der Waals surface area contributed by atoms with Crippen LogP contribution in [0.3, 0.4) is 0 Å². The SMILES string of the molecule is COC(=O)C(N)CCOc1ccc(C)cc1C. The molecule has 17 heavy (non-hydrogen) atoms. The number of rotatable bonds is 5. The average Bonchev–Trinajstić information content (AvgIpc) is 2.30. The van der Waals surface area contributed by atoms with Crippen LogP contribution >= 0.6 is 0 Å². The van der Waals surface area contributed by atoms with Crippen molar-refractivity contribution in [2.24, 2.45) is 5.73 Å². The van der Waals surface area contributed by atoms with E-state index in [-0.39, 0.29) is 0 Å². The predicted octanol–water partition coefficient (Wildman–Crippen LogP) is 1.57. The number of methoxy groups -OCH3 is 1. The lowest BCUT2D eigenvalue weighted by Crippen LogP contribution is -2.33. The Hall–Kier alpha value is -1.55. The third kappa shape index (κ3) is 4.07. The van der Waals surface area contributed by atoms with Crippen LogP contribution in [0.1, 0.15) is 17.5 Å². The van der Waals surface area contributed by atoms with Gasteiger partial charge in [-0.2, -0.15) is 0 Å². The summed E-state index contributed by atoms with van der Waals surface area (Å²) in [5.74, 6) is 0.418.